The van der Waals surface area contributed by atoms with Crippen molar-refractivity contribution in [1.29, 1.82) is 5.26 Å². The average molecular weight is 621 g/mol. The van der Waals surface area contributed by atoms with Crippen LogP contribution in [0.2, 0.25) is 5.02 Å². The van der Waals surface area contributed by atoms with Crippen LogP contribution in [-0.4, -0.2) is 56.4 Å². The first-order chi connectivity index (χ1) is 21.2. The summed E-state index contributed by atoms with van der Waals surface area (Å²) in [6, 6.07) is 11.6. The fraction of sp³-hybridized carbons (Fsp3) is 0.455. The summed E-state index contributed by atoms with van der Waals surface area (Å²) in [5.74, 6) is -1.17. The van der Waals surface area contributed by atoms with Gasteiger partial charge in [-0.05, 0) is 74.3 Å². The molecule has 0 bridgehead atoms. The maximum Gasteiger partial charge on any atom is 0.257 e. The van der Waals surface area contributed by atoms with Crippen LogP contribution in [0, 0.1) is 23.1 Å². The Morgan fingerprint density at radius 3 is 2.50 bits per heavy atom. The second-order valence-corrected chi connectivity index (χ2v) is 12.2. The number of halogens is 2. The number of ether oxygens (including phenoxy) is 2. The number of aromatic nitrogens is 2. The molecule has 1 aromatic heterocycles. The van der Waals surface area contributed by atoms with Crippen LogP contribution in [0.15, 0.2) is 48.8 Å². The van der Waals surface area contributed by atoms with Crippen LogP contribution in [0.4, 0.5) is 4.39 Å². The van der Waals surface area contributed by atoms with Crippen LogP contribution in [0.25, 0.3) is 0 Å². The molecule has 11 heteroatoms. The predicted octanol–water partition coefficient (Wildman–Crippen LogP) is 4.95. The fourth-order valence-corrected chi connectivity index (χ4v) is 7.03. The van der Waals surface area contributed by atoms with E-state index in [9.17, 15) is 20.3 Å². The Morgan fingerprint density at radius 2 is 1.89 bits per heavy atom. The first-order valence-electron chi connectivity index (χ1n) is 15.0. The molecular weight excluding hydrogens is 587 g/mol. The summed E-state index contributed by atoms with van der Waals surface area (Å²) in [6.07, 6.45) is 4.99. The molecular formula is C33H34ClFN4O5. The molecule has 9 nitrogen and oxygen atoms in total. The van der Waals surface area contributed by atoms with Crippen molar-refractivity contribution in [2.45, 2.75) is 75.5 Å². The van der Waals surface area contributed by atoms with E-state index >= 15 is 4.39 Å². The number of carbonyl (C=O) groups is 1. The number of hydrogen-bond acceptors (Lipinski definition) is 8. The second kappa shape index (κ2) is 12.1. The van der Waals surface area contributed by atoms with Crippen molar-refractivity contribution >= 4 is 17.5 Å². The first-order valence-corrected chi connectivity index (χ1v) is 15.4. The lowest BCUT2D eigenvalue weighted by atomic mass is 9.71. The molecule has 3 aromatic rings. The zero-order valence-corrected chi connectivity index (χ0v) is 25.1. The van der Waals surface area contributed by atoms with Crippen molar-refractivity contribution in [3.63, 3.8) is 0 Å². The summed E-state index contributed by atoms with van der Waals surface area (Å²) >= 11 is 6.25. The summed E-state index contributed by atoms with van der Waals surface area (Å²) in [5.41, 5.74) is -1.96. The molecule has 1 unspecified atom stereocenters. The molecule has 3 aliphatic rings. The molecule has 230 valence electrons. The molecule has 1 saturated heterocycles. The third-order valence-corrected chi connectivity index (χ3v) is 9.54. The number of fused-ring (bicyclic) bond motifs is 1. The molecule has 1 saturated carbocycles. The van der Waals surface area contributed by atoms with Gasteiger partial charge >= 0.3 is 0 Å². The zero-order valence-electron chi connectivity index (χ0n) is 24.4. The van der Waals surface area contributed by atoms with E-state index in [2.05, 4.69) is 9.97 Å². The highest BCUT2D eigenvalue weighted by Gasteiger charge is 2.56. The van der Waals surface area contributed by atoms with Gasteiger partial charge in [0.05, 0.1) is 47.7 Å². The van der Waals surface area contributed by atoms with Crippen LogP contribution in [-0.2, 0) is 27.3 Å². The SMILES string of the molecule is CCC(O)(c1cc(F)c2c(c1)C(=O)N(Cc1ncc(C#N)cn1)[C@@]2(O[C@H]1CCOC1)c1ccc(Cl)cc1)[C@H]1CC[C@H](O)CC1. The molecule has 0 radical (unpaired) electrons. The number of benzene rings is 2. The van der Waals surface area contributed by atoms with Crippen molar-refractivity contribution < 1.29 is 28.9 Å². The van der Waals surface area contributed by atoms with Gasteiger partial charge in [-0.15, -0.1) is 0 Å². The summed E-state index contributed by atoms with van der Waals surface area (Å²) in [6.45, 7) is 2.42. The van der Waals surface area contributed by atoms with Crippen molar-refractivity contribution in [1.82, 2.24) is 14.9 Å². The third kappa shape index (κ3) is 5.27. The highest BCUT2D eigenvalue weighted by molar-refractivity contribution is 6.30. The minimum absolute atomic E-state index is 0.0339. The Hall–Kier alpha value is -3.46. The summed E-state index contributed by atoms with van der Waals surface area (Å²) < 4.78 is 29.2. The molecule has 2 N–H and O–H groups in total. The molecule has 2 fully saturated rings. The molecule has 6 rings (SSSR count). The molecule has 0 spiro atoms. The van der Waals surface area contributed by atoms with Crippen LogP contribution >= 0.6 is 11.6 Å². The lowest BCUT2D eigenvalue weighted by molar-refractivity contribution is -0.149. The Morgan fingerprint density at radius 1 is 1.18 bits per heavy atom. The molecule has 3 atom stereocenters. The minimum atomic E-state index is -1.73. The van der Waals surface area contributed by atoms with Gasteiger partial charge in [0.25, 0.3) is 5.91 Å². The maximum absolute atomic E-state index is 16.8. The molecule has 1 amide bonds. The van der Waals surface area contributed by atoms with Gasteiger partial charge in [-0.3, -0.25) is 9.69 Å². The quantitative estimate of drug-likeness (QED) is 0.362. The van der Waals surface area contributed by atoms with Gasteiger partial charge in [-0.2, -0.15) is 5.26 Å². The Kier molecular flexibility index (Phi) is 8.44. The minimum Gasteiger partial charge on any atom is -0.393 e. The summed E-state index contributed by atoms with van der Waals surface area (Å²) in [4.78, 5) is 24.5. The number of amides is 1. The third-order valence-electron chi connectivity index (χ3n) is 9.29. The van der Waals surface area contributed by atoms with Gasteiger partial charge in [-0.1, -0.05) is 30.7 Å². The van der Waals surface area contributed by atoms with E-state index in [0.717, 1.165) is 0 Å². The van der Waals surface area contributed by atoms with E-state index in [1.807, 2.05) is 13.0 Å². The van der Waals surface area contributed by atoms with E-state index in [1.54, 1.807) is 30.3 Å². The molecule has 2 aromatic carbocycles. The maximum atomic E-state index is 16.8. The number of carbonyl (C=O) groups excluding carboxylic acids is 1. The Bertz CT molecular complexity index is 1570. The Balaban J connectivity index is 1.53. The van der Waals surface area contributed by atoms with E-state index in [1.165, 1.54) is 23.4 Å². The smallest absolute Gasteiger partial charge is 0.257 e. The zero-order chi connectivity index (χ0) is 31.1. The highest BCUT2D eigenvalue weighted by atomic mass is 35.5. The molecule has 44 heavy (non-hydrogen) atoms. The van der Waals surface area contributed by atoms with Gasteiger partial charge in [0.2, 0.25) is 5.72 Å². The number of hydrogen-bond donors (Lipinski definition) is 2. The summed E-state index contributed by atoms with van der Waals surface area (Å²) in [7, 11) is 0. The van der Waals surface area contributed by atoms with Crippen molar-refractivity contribution in [3.8, 4) is 6.07 Å². The van der Waals surface area contributed by atoms with Crippen LogP contribution in [0.5, 0.6) is 0 Å². The number of rotatable bonds is 8. The topological polar surface area (TPSA) is 129 Å². The van der Waals surface area contributed by atoms with Crippen LogP contribution in [0.1, 0.15) is 83.9 Å². The van der Waals surface area contributed by atoms with E-state index in [0.29, 0.717) is 61.3 Å². The van der Waals surface area contributed by atoms with Gasteiger partial charge in [0, 0.05) is 29.6 Å². The molecule has 2 aliphatic heterocycles. The standard InChI is InChI=1S/C33H34ClFN4O5/c1-2-32(42,21-5-9-25(40)10-6-21)23-13-27-30(28(35)14-23)33(44-26-11-12-43-19-26,22-3-7-24(34)8-4-22)39(31(27)41)18-29-37-16-20(15-36)17-38-29/h3-4,7-8,13-14,16-17,21,25-26,40,42H,2,5-6,9-12,18-19H2,1H3/t21-,25-,26-,32?,33+/m0/s1. The first kappa shape index (κ1) is 30.6. The predicted molar refractivity (Wildman–Crippen MR) is 158 cm³/mol. The van der Waals surface area contributed by atoms with Gasteiger partial charge in [-0.25, -0.2) is 14.4 Å². The number of nitrogens with zero attached hydrogens (tertiary/aromatic N) is 4. The highest BCUT2D eigenvalue weighted by Crippen LogP contribution is 2.51. The number of aliphatic hydroxyl groups excluding tert-OH is 1. The second-order valence-electron chi connectivity index (χ2n) is 11.8. The van der Waals surface area contributed by atoms with Gasteiger partial charge in [0.1, 0.15) is 17.7 Å². The van der Waals surface area contributed by atoms with E-state index in [4.69, 9.17) is 21.1 Å². The largest absolute Gasteiger partial charge is 0.393 e. The van der Waals surface area contributed by atoms with Gasteiger partial charge in [0.15, 0.2) is 0 Å². The van der Waals surface area contributed by atoms with Gasteiger partial charge < -0.3 is 19.7 Å². The summed E-state index contributed by atoms with van der Waals surface area (Å²) in [5, 5.41) is 31.8. The number of nitriles is 1. The fourth-order valence-electron chi connectivity index (χ4n) is 6.91. The Labute approximate surface area is 260 Å². The number of aliphatic hydroxyl groups is 2. The van der Waals surface area contributed by atoms with E-state index in [-0.39, 0.29) is 41.6 Å². The lowest BCUT2D eigenvalue weighted by Crippen LogP contribution is -2.49. The normalized spacial score (nSPS) is 26.3. The molecule has 1 aliphatic carbocycles. The van der Waals surface area contributed by atoms with Crippen LogP contribution < -0.4 is 0 Å². The van der Waals surface area contributed by atoms with Crippen molar-refractivity contribution in [3.05, 3.63) is 93.3 Å². The van der Waals surface area contributed by atoms with Crippen molar-refractivity contribution in [2.24, 2.45) is 5.92 Å². The average Bonchev–Trinajstić information content (AvgIpc) is 3.63. The lowest BCUT2D eigenvalue weighted by Gasteiger charge is -2.41. The monoisotopic (exact) mass is 620 g/mol. The molecule has 3 heterocycles. The van der Waals surface area contributed by atoms with Crippen molar-refractivity contribution in [2.75, 3.05) is 13.2 Å². The van der Waals surface area contributed by atoms with E-state index < -0.39 is 35.3 Å². The van der Waals surface area contributed by atoms with Crippen LogP contribution in [0.3, 0.4) is 0 Å².